The fourth-order valence-corrected chi connectivity index (χ4v) is 4.43. The van der Waals surface area contributed by atoms with Gasteiger partial charge in [-0.1, -0.05) is 13.0 Å². The Labute approximate surface area is 184 Å². The summed E-state index contributed by atoms with van der Waals surface area (Å²) in [6.45, 7) is 7.56. The Hall–Kier alpha value is -2.38. The molecule has 2 aliphatic heterocycles. The maximum Gasteiger partial charge on any atom is 0.238 e. The molecular weight excluding hydrogens is 397 g/mol. The Balaban J connectivity index is 0.000000785. The smallest absolute Gasteiger partial charge is 0.238 e. The van der Waals surface area contributed by atoms with E-state index in [1.165, 1.54) is 24.6 Å². The quantitative estimate of drug-likeness (QED) is 0.389. The van der Waals surface area contributed by atoms with Crippen molar-refractivity contribution in [2.24, 2.45) is 5.73 Å². The van der Waals surface area contributed by atoms with Gasteiger partial charge in [0.15, 0.2) is 5.78 Å². The number of benzene rings is 1. The number of likely N-dealkylation sites (tertiary alicyclic amines) is 2. The molecule has 0 bridgehead atoms. The summed E-state index contributed by atoms with van der Waals surface area (Å²) < 4.78 is 12.9. The van der Waals surface area contributed by atoms with Gasteiger partial charge in [0.05, 0.1) is 0 Å². The van der Waals surface area contributed by atoms with Crippen LogP contribution in [0.5, 0.6) is 0 Å². The number of amides is 1. The predicted octanol–water partition coefficient (Wildman–Crippen LogP) is 2.97. The molecule has 0 aliphatic carbocycles. The van der Waals surface area contributed by atoms with Crippen LogP contribution in [0.1, 0.15) is 55.3 Å². The fourth-order valence-electron chi connectivity index (χ4n) is 4.43. The minimum atomic E-state index is -0.485. The molecule has 0 aromatic heterocycles. The van der Waals surface area contributed by atoms with Gasteiger partial charge in [0.1, 0.15) is 17.6 Å². The van der Waals surface area contributed by atoms with E-state index in [0.29, 0.717) is 18.3 Å². The highest BCUT2D eigenvalue weighted by Crippen LogP contribution is 2.31. The van der Waals surface area contributed by atoms with Crippen LogP contribution in [0.25, 0.3) is 0 Å². The molecule has 0 atom stereocenters. The predicted molar refractivity (Wildman–Crippen MR) is 119 cm³/mol. The fraction of sp³-hybridized carbons (Fsp3) is 0.542. The summed E-state index contributed by atoms with van der Waals surface area (Å²) in [4.78, 5) is 38.1. The number of hydrogen-bond acceptors (Lipinski definition) is 5. The third-order valence-electron chi connectivity index (χ3n) is 6.24. The molecule has 7 heteroatoms. The van der Waals surface area contributed by atoms with E-state index < -0.39 is 5.54 Å². The molecule has 2 saturated heterocycles. The third kappa shape index (κ3) is 7.08. The first kappa shape index (κ1) is 24.9. The summed E-state index contributed by atoms with van der Waals surface area (Å²) in [5.41, 5.74) is 5.90. The van der Waals surface area contributed by atoms with E-state index in [0.717, 1.165) is 64.8 Å². The molecule has 170 valence electrons. The zero-order valence-electron chi connectivity index (χ0n) is 18.2. The molecule has 2 fully saturated rings. The lowest BCUT2D eigenvalue weighted by molar-refractivity contribution is -0.135. The van der Waals surface area contributed by atoms with E-state index in [1.54, 1.807) is 12.1 Å². The Bertz CT molecular complexity index is 731. The number of carbonyl (C=O) groups excluding carboxylic acids is 3. The van der Waals surface area contributed by atoms with Crippen LogP contribution in [-0.4, -0.2) is 66.0 Å². The second-order valence-corrected chi connectivity index (χ2v) is 8.19. The summed E-state index contributed by atoms with van der Waals surface area (Å²) in [5.74, 6) is -0.464. The number of allylic oxidation sites excluding steroid dienone is 1. The number of piperidine rings is 2. The van der Waals surface area contributed by atoms with E-state index in [-0.39, 0.29) is 17.5 Å². The standard InChI is InChI=1S/C21H30FN3O2.C3H4O/c22-18-8-6-17(7-9-18)19(26)5-4-12-24-15-10-21(11-16-24,20(23)27)25-13-2-1-3-14-25;1-2-3-4/h6-9H,1-5,10-16H2,(H2,23,27);2-3H,1H2. The summed E-state index contributed by atoms with van der Waals surface area (Å²) in [6.07, 6.45) is 8.12. The van der Waals surface area contributed by atoms with Gasteiger partial charge in [-0.05, 0) is 82.1 Å². The first-order chi connectivity index (χ1) is 14.9. The third-order valence-corrected chi connectivity index (χ3v) is 6.24. The van der Waals surface area contributed by atoms with Crippen LogP contribution in [0.3, 0.4) is 0 Å². The summed E-state index contributed by atoms with van der Waals surface area (Å²) in [5, 5.41) is 0. The van der Waals surface area contributed by atoms with Gasteiger partial charge in [-0.15, -0.1) is 0 Å². The van der Waals surface area contributed by atoms with Crippen molar-refractivity contribution in [1.82, 2.24) is 9.80 Å². The number of nitrogens with zero attached hydrogens (tertiary/aromatic N) is 2. The Morgan fingerprint density at radius 1 is 1.06 bits per heavy atom. The lowest BCUT2D eigenvalue weighted by atomic mass is 9.83. The van der Waals surface area contributed by atoms with E-state index >= 15 is 0 Å². The second kappa shape index (κ2) is 12.5. The van der Waals surface area contributed by atoms with Crippen LogP contribution in [0.2, 0.25) is 0 Å². The van der Waals surface area contributed by atoms with Gasteiger partial charge in [0.2, 0.25) is 5.91 Å². The molecule has 2 N–H and O–H groups in total. The molecule has 0 spiro atoms. The van der Waals surface area contributed by atoms with E-state index in [4.69, 9.17) is 10.5 Å². The van der Waals surface area contributed by atoms with Crippen LogP contribution < -0.4 is 5.73 Å². The highest BCUT2D eigenvalue weighted by molar-refractivity contribution is 5.95. The van der Waals surface area contributed by atoms with Crippen molar-refractivity contribution in [3.63, 3.8) is 0 Å². The van der Waals surface area contributed by atoms with Gasteiger partial charge in [0.25, 0.3) is 0 Å². The molecule has 2 heterocycles. The van der Waals surface area contributed by atoms with Crippen molar-refractivity contribution in [3.8, 4) is 0 Å². The molecular formula is C24H34FN3O3. The Kier molecular flexibility index (Phi) is 10.0. The van der Waals surface area contributed by atoms with Crippen molar-refractivity contribution >= 4 is 18.0 Å². The molecule has 0 radical (unpaired) electrons. The van der Waals surface area contributed by atoms with Crippen LogP contribution in [-0.2, 0) is 9.59 Å². The Morgan fingerprint density at radius 3 is 2.16 bits per heavy atom. The number of nitrogens with two attached hydrogens (primary N) is 1. The molecule has 2 aliphatic rings. The average molecular weight is 432 g/mol. The minimum Gasteiger partial charge on any atom is -0.368 e. The minimum absolute atomic E-state index is 0.0480. The highest BCUT2D eigenvalue weighted by Gasteiger charge is 2.44. The van der Waals surface area contributed by atoms with Crippen molar-refractivity contribution in [2.45, 2.75) is 50.5 Å². The topological polar surface area (TPSA) is 83.7 Å². The maximum atomic E-state index is 12.9. The number of primary amides is 1. The van der Waals surface area contributed by atoms with Crippen LogP contribution in [0, 0.1) is 5.82 Å². The molecule has 6 nitrogen and oxygen atoms in total. The molecule has 0 saturated carbocycles. The second-order valence-electron chi connectivity index (χ2n) is 8.19. The number of halogens is 1. The van der Waals surface area contributed by atoms with Crippen LogP contribution >= 0.6 is 0 Å². The number of hydrogen-bond donors (Lipinski definition) is 1. The largest absolute Gasteiger partial charge is 0.368 e. The number of ketones is 1. The molecule has 3 rings (SSSR count). The van der Waals surface area contributed by atoms with Crippen LogP contribution in [0.4, 0.5) is 4.39 Å². The summed E-state index contributed by atoms with van der Waals surface area (Å²) in [6, 6.07) is 5.72. The zero-order chi connectivity index (χ0) is 22.7. The first-order valence-electron chi connectivity index (χ1n) is 11.0. The van der Waals surface area contributed by atoms with Gasteiger partial charge < -0.3 is 10.6 Å². The number of Topliss-reactive ketones (excluding diaryl/α,β-unsaturated/α-hetero) is 1. The summed E-state index contributed by atoms with van der Waals surface area (Å²) in [7, 11) is 0. The zero-order valence-corrected chi connectivity index (χ0v) is 18.2. The maximum absolute atomic E-state index is 12.9. The first-order valence-corrected chi connectivity index (χ1v) is 11.0. The van der Waals surface area contributed by atoms with E-state index in [2.05, 4.69) is 16.4 Å². The van der Waals surface area contributed by atoms with Gasteiger partial charge >= 0.3 is 0 Å². The van der Waals surface area contributed by atoms with E-state index in [9.17, 15) is 14.0 Å². The molecule has 1 aromatic carbocycles. The molecule has 0 unspecified atom stereocenters. The summed E-state index contributed by atoms with van der Waals surface area (Å²) >= 11 is 0. The van der Waals surface area contributed by atoms with Gasteiger partial charge in [0, 0.05) is 25.1 Å². The Morgan fingerprint density at radius 2 is 1.65 bits per heavy atom. The van der Waals surface area contributed by atoms with Crippen molar-refractivity contribution in [3.05, 3.63) is 48.3 Å². The lowest BCUT2D eigenvalue weighted by Crippen LogP contribution is -2.63. The van der Waals surface area contributed by atoms with Gasteiger partial charge in [-0.2, -0.15) is 0 Å². The SMILES string of the molecule is C=CC=O.NC(=O)C1(N2CCCCC2)CCN(CCCC(=O)c2ccc(F)cc2)CC1. The van der Waals surface area contributed by atoms with Gasteiger partial charge in [-0.25, -0.2) is 4.39 Å². The number of carbonyl (C=O) groups is 3. The monoisotopic (exact) mass is 431 g/mol. The average Bonchev–Trinajstić information content (AvgIpc) is 2.80. The normalized spacial score (nSPS) is 19.0. The number of rotatable bonds is 8. The van der Waals surface area contributed by atoms with Crippen molar-refractivity contribution < 1.29 is 18.8 Å². The highest BCUT2D eigenvalue weighted by atomic mass is 19.1. The lowest BCUT2D eigenvalue weighted by Gasteiger charge is -2.48. The molecule has 1 aromatic rings. The number of aldehydes is 1. The van der Waals surface area contributed by atoms with Crippen molar-refractivity contribution in [1.29, 1.82) is 0 Å². The van der Waals surface area contributed by atoms with Crippen LogP contribution in [0.15, 0.2) is 36.9 Å². The molecule has 31 heavy (non-hydrogen) atoms. The van der Waals surface area contributed by atoms with Gasteiger partial charge in [-0.3, -0.25) is 19.3 Å². The molecule has 1 amide bonds. The van der Waals surface area contributed by atoms with Crippen molar-refractivity contribution in [2.75, 3.05) is 32.7 Å². The van der Waals surface area contributed by atoms with E-state index in [1.807, 2.05) is 0 Å².